The van der Waals surface area contributed by atoms with Gasteiger partial charge in [0.05, 0.1) is 0 Å². The molecule has 0 saturated carbocycles. The molecule has 5 nitrogen and oxygen atoms in total. The standard InChI is InChI=1S/C61H55F2N4O.Pt/c1-37(2)40-20-25-56-58(32-40)66(60-52(38(3)4)30-43(31-53(60)39(5)6)49-23-21-45(62)33-54(49)63)36-65(56)46-28-42(41-15-14-16-44(27-41)61(7,8)9)29-48(34-46)68-47-22-24-51-50-17-10-11-18-55(50)67(57(51)35-47)59-19-12-13-26-64-59;/h10-33,36-39H,1-9H3;/q-3;. The summed E-state index contributed by atoms with van der Waals surface area (Å²) in [4.78, 5) is 9.24. The Labute approximate surface area is 419 Å². The van der Waals surface area contributed by atoms with Crippen molar-refractivity contribution < 1.29 is 34.6 Å². The maximum atomic E-state index is 15.5. The molecule has 9 aromatic rings. The number of ether oxygens (including phenoxy) is 1. The summed E-state index contributed by atoms with van der Waals surface area (Å²) >= 11 is 0. The molecule has 0 aliphatic carbocycles. The first-order chi connectivity index (χ1) is 32.6. The number of nitrogens with zero attached hydrogens (tertiary/aromatic N) is 4. The van der Waals surface area contributed by atoms with E-state index in [4.69, 9.17) is 9.72 Å². The number of benzene rings is 7. The largest absolute Gasteiger partial charge is 0.509 e. The van der Waals surface area contributed by atoms with Crippen LogP contribution in [0.2, 0.25) is 0 Å². The second kappa shape index (κ2) is 18.7. The van der Waals surface area contributed by atoms with Crippen LogP contribution in [0.3, 0.4) is 0 Å². The molecule has 0 fully saturated rings. The van der Waals surface area contributed by atoms with E-state index in [1.54, 1.807) is 0 Å². The van der Waals surface area contributed by atoms with Crippen LogP contribution < -0.4 is 14.5 Å². The van der Waals surface area contributed by atoms with Gasteiger partial charge in [-0.15, -0.1) is 53.6 Å². The molecule has 0 N–H and O–H groups in total. The Morgan fingerprint density at radius 2 is 1.36 bits per heavy atom. The fourth-order valence-corrected chi connectivity index (χ4v) is 9.45. The number of pyridine rings is 1. The minimum absolute atomic E-state index is 0. The van der Waals surface area contributed by atoms with Crippen LogP contribution in [0.4, 0.5) is 31.5 Å². The summed E-state index contributed by atoms with van der Waals surface area (Å²) in [7, 11) is 0. The van der Waals surface area contributed by atoms with E-state index >= 15 is 4.39 Å². The van der Waals surface area contributed by atoms with Crippen molar-refractivity contribution in [1.82, 2.24) is 9.55 Å². The van der Waals surface area contributed by atoms with Crippen molar-refractivity contribution in [2.75, 3.05) is 9.80 Å². The molecule has 2 aromatic heterocycles. The Morgan fingerprint density at radius 1 is 0.609 bits per heavy atom. The first-order valence-corrected chi connectivity index (χ1v) is 23.6. The number of rotatable bonds is 10. The molecule has 352 valence electrons. The van der Waals surface area contributed by atoms with Gasteiger partial charge in [-0.2, -0.15) is 6.07 Å². The normalized spacial score (nSPS) is 12.7. The zero-order valence-corrected chi connectivity index (χ0v) is 42.7. The average Bonchev–Trinajstić information content (AvgIpc) is 3.86. The van der Waals surface area contributed by atoms with Gasteiger partial charge in [0, 0.05) is 73.0 Å². The SMILES string of the molecule is CC(C)c1ccc2c(c1)N(c1c(C(C)C)cc(-c3ccc(F)cc3F)cc1C(C)C)[CH-]N2c1[c-]c(Oc2[c-]c3c(cc2)c2ccccc2n3-c2ccccn2)cc(-c2cccc(C(C)(C)C)c2)c1.[Pt]. The zero-order valence-electron chi connectivity index (χ0n) is 40.4. The van der Waals surface area contributed by atoms with Gasteiger partial charge >= 0.3 is 0 Å². The van der Waals surface area contributed by atoms with Gasteiger partial charge in [-0.05, 0) is 117 Å². The number of aromatic nitrogens is 2. The summed E-state index contributed by atoms with van der Waals surface area (Å²) in [6, 6.07) is 53.4. The van der Waals surface area contributed by atoms with Gasteiger partial charge in [0.15, 0.2) is 0 Å². The third-order valence-electron chi connectivity index (χ3n) is 13.1. The molecular weight excluding hydrogens is 1040 g/mol. The van der Waals surface area contributed by atoms with E-state index in [-0.39, 0.29) is 44.2 Å². The van der Waals surface area contributed by atoms with Crippen LogP contribution in [0, 0.1) is 30.4 Å². The van der Waals surface area contributed by atoms with Gasteiger partial charge < -0.3 is 19.1 Å². The maximum Gasteiger partial charge on any atom is 0.135 e. The molecule has 0 bridgehead atoms. The molecule has 0 radical (unpaired) electrons. The van der Waals surface area contributed by atoms with E-state index in [2.05, 4.69) is 186 Å². The number of hydrogen-bond donors (Lipinski definition) is 0. The number of anilines is 4. The van der Waals surface area contributed by atoms with E-state index in [0.29, 0.717) is 17.1 Å². The Bertz CT molecular complexity index is 3340. The molecule has 0 saturated heterocycles. The molecule has 1 aliphatic heterocycles. The van der Waals surface area contributed by atoms with E-state index in [9.17, 15) is 4.39 Å². The summed E-state index contributed by atoms with van der Waals surface area (Å²) < 4.78 is 38.7. The fraction of sp³-hybridized carbons (Fsp3) is 0.213. The van der Waals surface area contributed by atoms with Crippen molar-refractivity contribution in [3.8, 4) is 39.6 Å². The predicted molar refractivity (Wildman–Crippen MR) is 276 cm³/mol. The van der Waals surface area contributed by atoms with Crippen molar-refractivity contribution >= 4 is 44.6 Å². The number of para-hydroxylation sites is 1. The van der Waals surface area contributed by atoms with Crippen LogP contribution in [0.15, 0.2) is 146 Å². The van der Waals surface area contributed by atoms with Crippen LogP contribution in [-0.4, -0.2) is 9.55 Å². The number of halogens is 2. The Balaban J connectivity index is 0.00000593. The van der Waals surface area contributed by atoms with Crippen LogP contribution in [-0.2, 0) is 26.5 Å². The van der Waals surface area contributed by atoms with E-state index < -0.39 is 11.6 Å². The van der Waals surface area contributed by atoms with Gasteiger partial charge in [0.1, 0.15) is 17.5 Å². The Morgan fingerprint density at radius 3 is 2.06 bits per heavy atom. The Hall–Kier alpha value is -6.56. The monoisotopic (exact) mass is 1090 g/mol. The summed E-state index contributed by atoms with van der Waals surface area (Å²) in [5.41, 5.74) is 13.4. The van der Waals surface area contributed by atoms with E-state index in [1.165, 1.54) is 23.3 Å². The van der Waals surface area contributed by atoms with Gasteiger partial charge in [0.2, 0.25) is 0 Å². The molecule has 0 unspecified atom stereocenters. The first kappa shape index (κ1) is 47.5. The van der Waals surface area contributed by atoms with Gasteiger partial charge in [-0.25, -0.2) is 13.8 Å². The quantitative estimate of drug-likeness (QED) is 0.128. The third-order valence-corrected chi connectivity index (χ3v) is 13.1. The van der Waals surface area contributed by atoms with Crippen LogP contribution in [0.1, 0.15) is 102 Å². The number of fused-ring (bicyclic) bond motifs is 4. The molecule has 0 atom stereocenters. The predicted octanol–water partition coefficient (Wildman–Crippen LogP) is 17.3. The summed E-state index contributed by atoms with van der Waals surface area (Å²) in [5, 5.41) is 2.16. The fourth-order valence-electron chi connectivity index (χ4n) is 9.45. The van der Waals surface area contributed by atoms with Crippen molar-refractivity contribution in [2.24, 2.45) is 0 Å². The topological polar surface area (TPSA) is 33.5 Å². The smallest absolute Gasteiger partial charge is 0.135 e. The minimum atomic E-state index is -0.597. The second-order valence-corrected chi connectivity index (χ2v) is 19.9. The van der Waals surface area contributed by atoms with E-state index in [1.807, 2.05) is 36.5 Å². The summed E-state index contributed by atoms with van der Waals surface area (Å²) in [5.74, 6) is 1.13. The molecule has 8 heteroatoms. The molecule has 10 rings (SSSR count). The minimum Gasteiger partial charge on any atom is -0.509 e. The van der Waals surface area contributed by atoms with Crippen LogP contribution in [0.25, 0.3) is 49.9 Å². The summed E-state index contributed by atoms with van der Waals surface area (Å²) in [6.45, 7) is 22.0. The second-order valence-electron chi connectivity index (χ2n) is 19.9. The first-order valence-electron chi connectivity index (χ1n) is 23.6. The average molecular weight is 1090 g/mol. The van der Waals surface area contributed by atoms with Gasteiger partial charge in [-0.3, -0.25) is 0 Å². The van der Waals surface area contributed by atoms with E-state index in [0.717, 1.165) is 84.3 Å². The molecule has 3 heterocycles. The maximum absolute atomic E-state index is 15.5. The zero-order chi connectivity index (χ0) is 47.6. The van der Waals surface area contributed by atoms with Crippen LogP contribution in [0.5, 0.6) is 11.5 Å². The van der Waals surface area contributed by atoms with Crippen molar-refractivity contribution in [1.29, 1.82) is 0 Å². The molecule has 7 aromatic carbocycles. The van der Waals surface area contributed by atoms with Gasteiger partial charge in [0.25, 0.3) is 0 Å². The molecule has 0 spiro atoms. The van der Waals surface area contributed by atoms with Crippen molar-refractivity contribution in [3.05, 3.63) is 198 Å². The molecule has 69 heavy (non-hydrogen) atoms. The molecule has 1 aliphatic rings. The molecule has 0 amide bonds. The summed E-state index contributed by atoms with van der Waals surface area (Å²) in [6.07, 6.45) is 1.81. The van der Waals surface area contributed by atoms with Gasteiger partial charge in [-0.1, -0.05) is 122 Å². The third kappa shape index (κ3) is 8.98. The van der Waals surface area contributed by atoms with Crippen molar-refractivity contribution in [2.45, 2.75) is 85.5 Å². The van der Waals surface area contributed by atoms with Crippen molar-refractivity contribution in [3.63, 3.8) is 0 Å². The number of hydrogen-bond acceptors (Lipinski definition) is 4. The van der Waals surface area contributed by atoms with Crippen LogP contribution >= 0.6 is 0 Å². The Kier molecular flexibility index (Phi) is 12.9. The molecular formula is C61H55F2N4OPt-3.